The molecule has 0 atom stereocenters. The second-order valence-electron chi connectivity index (χ2n) is 3.69. The Balaban J connectivity index is 2.62. The average molecular weight is 225 g/mol. The number of aromatic amines is 1. The first-order valence-electron chi connectivity index (χ1n) is 5.71. The van der Waals surface area contributed by atoms with Crippen LogP contribution in [0, 0.1) is 0 Å². The van der Waals surface area contributed by atoms with Crippen LogP contribution in [0.1, 0.15) is 31.9 Å². The van der Waals surface area contributed by atoms with Gasteiger partial charge in [0.1, 0.15) is 0 Å². The molecule has 0 saturated heterocycles. The van der Waals surface area contributed by atoms with Crippen molar-refractivity contribution in [3.8, 4) is 0 Å². The average Bonchev–Trinajstić information content (AvgIpc) is 2.26. The summed E-state index contributed by atoms with van der Waals surface area (Å²) in [5.74, 6) is 0.493. The highest BCUT2D eigenvalue weighted by molar-refractivity contribution is 5.24. The second-order valence-corrected chi connectivity index (χ2v) is 3.69. The number of hydrogen-bond acceptors (Lipinski definition) is 4. The van der Waals surface area contributed by atoms with Crippen molar-refractivity contribution in [1.29, 1.82) is 0 Å². The molecule has 90 valence electrons. The first-order valence-corrected chi connectivity index (χ1v) is 5.71. The number of aliphatic hydroxyl groups is 1. The van der Waals surface area contributed by atoms with Crippen molar-refractivity contribution < 1.29 is 5.11 Å². The van der Waals surface area contributed by atoms with Gasteiger partial charge in [-0.15, -0.1) is 0 Å². The smallest absolute Gasteiger partial charge is 0.252 e. The molecule has 0 radical (unpaired) electrons. The van der Waals surface area contributed by atoms with Gasteiger partial charge >= 0.3 is 0 Å². The van der Waals surface area contributed by atoms with Gasteiger partial charge in [-0.1, -0.05) is 13.3 Å². The van der Waals surface area contributed by atoms with E-state index in [0.29, 0.717) is 18.9 Å². The topological polar surface area (TPSA) is 78.0 Å². The number of anilines is 1. The van der Waals surface area contributed by atoms with Gasteiger partial charge in [0.25, 0.3) is 5.56 Å². The lowest BCUT2D eigenvalue weighted by atomic mass is 10.2. The lowest BCUT2D eigenvalue weighted by Crippen LogP contribution is -2.15. The molecule has 0 aliphatic rings. The van der Waals surface area contributed by atoms with E-state index < -0.39 is 0 Å². The maximum Gasteiger partial charge on any atom is 0.252 e. The Morgan fingerprint density at radius 3 is 3.00 bits per heavy atom. The summed E-state index contributed by atoms with van der Waals surface area (Å²) in [6.07, 6.45) is 3.59. The van der Waals surface area contributed by atoms with Gasteiger partial charge in [0.2, 0.25) is 5.95 Å². The predicted octanol–water partition coefficient (Wildman–Crippen LogP) is 0.907. The number of rotatable bonds is 7. The summed E-state index contributed by atoms with van der Waals surface area (Å²) in [7, 11) is 0. The molecule has 1 aromatic heterocycles. The summed E-state index contributed by atoms with van der Waals surface area (Å²) < 4.78 is 0. The summed E-state index contributed by atoms with van der Waals surface area (Å²) in [4.78, 5) is 18.2. The molecule has 0 unspecified atom stereocenters. The van der Waals surface area contributed by atoms with Gasteiger partial charge in [0.15, 0.2) is 0 Å². The maximum absolute atomic E-state index is 11.3. The van der Waals surface area contributed by atoms with E-state index in [4.69, 9.17) is 5.11 Å². The summed E-state index contributed by atoms with van der Waals surface area (Å²) in [6, 6.07) is 1.53. The molecule has 16 heavy (non-hydrogen) atoms. The van der Waals surface area contributed by atoms with Crippen LogP contribution >= 0.6 is 0 Å². The number of H-pyrrole nitrogens is 1. The number of nitrogens with one attached hydrogen (secondary N) is 2. The van der Waals surface area contributed by atoms with Gasteiger partial charge in [-0.2, -0.15) is 0 Å². The molecule has 1 rings (SSSR count). The third kappa shape index (κ3) is 4.44. The number of aromatic nitrogens is 2. The van der Waals surface area contributed by atoms with Crippen molar-refractivity contribution in [2.45, 2.75) is 32.6 Å². The molecule has 1 heterocycles. The van der Waals surface area contributed by atoms with Crippen molar-refractivity contribution in [1.82, 2.24) is 9.97 Å². The van der Waals surface area contributed by atoms with Crippen molar-refractivity contribution in [2.24, 2.45) is 0 Å². The van der Waals surface area contributed by atoms with E-state index in [9.17, 15) is 4.79 Å². The van der Waals surface area contributed by atoms with Crippen molar-refractivity contribution in [3.05, 3.63) is 22.1 Å². The minimum atomic E-state index is -0.132. The first kappa shape index (κ1) is 12.7. The number of aliphatic hydroxyl groups excluding tert-OH is 1. The molecular formula is C11H19N3O2. The maximum atomic E-state index is 11.3. The van der Waals surface area contributed by atoms with E-state index in [0.717, 1.165) is 25.0 Å². The Bertz CT molecular complexity index is 362. The third-order valence-electron chi connectivity index (χ3n) is 2.21. The van der Waals surface area contributed by atoms with E-state index in [-0.39, 0.29) is 12.2 Å². The number of nitrogens with zero attached hydrogens (tertiary/aromatic N) is 1. The molecule has 0 aromatic carbocycles. The second kappa shape index (κ2) is 7.00. The quantitative estimate of drug-likeness (QED) is 0.603. The van der Waals surface area contributed by atoms with E-state index in [1.54, 1.807) is 0 Å². The number of hydrogen-bond donors (Lipinski definition) is 3. The largest absolute Gasteiger partial charge is 0.396 e. The number of unbranched alkanes of at least 4 members (excludes halogenated alkanes) is 1. The minimum Gasteiger partial charge on any atom is -0.396 e. The monoisotopic (exact) mass is 225 g/mol. The molecule has 0 amide bonds. The Hall–Kier alpha value is -1.36. The Morgan fingerprint density at radius 2 is 2.31 bits per heavy atom. The van der Waals surface area contributed by atoms with Crippen LogP contribution in [0.3, 0.4) is 0 Å². The molecule has 0 spiro atoms. The standard InChI is InChI=1S/C11H19N3O2/c1-2-3-5-9-8-10(16)14-11(13-9)12-6-4-7-15/h8,15H,2-7H2,1H3,(H2,12,13,14,16). The molecule has 5 heteroatoms. The normalized spacial score (nSPS) is 10.4. The molecule has 0 bridgehead atoms. The lowest BCUT2D eigenvalue weighted by molar-refractivity contribution is 0.292. The molecular weight excluding hydrogens is 206 g/mol. The minimum absolute atomic E-state index is 0.132. The highest BCUT2D eigenvalue weighted by Crippen LogP contribution is 2.02. The highest BCUT2D eigenvalue weighted by atomic mass is 16.3. The zero-order valence-electron chi connectivity index (χ0n) is 9.62. The summed E-state index contributed by atoms with van der Waals surface area (Å²) in [6.45, 7) is 2.84. The van der Waals surface area contributed by atoms with Crippen molar-refractivity contribution in [3.63, 3.8) is 0 Å². The van der Waals surface area contributed by atoms with Crippen LogP contribution in [-0.2, 0) is 6.42 Å². The van der Waals surface area contributed by atoms with Crippen LogP contribution in [0.5, 0.6) is 0 Å². The fourth-order valence-electron chi connectivity index (χ4n) is 1.36. The van der Waals surface area contributed by atoms with Crippen molar-refractivity contribution in [2.75, 3.05) is 18.5 Å². The predicted molar refractivity (Wildman–Crippen MR) is 63.7 cm³/mol. The van der Waals surface area contributed by atoms with Gasteiger partial charge in [0, 0.05) is 24.9 Å². The van der Waals surface area contributed by atoms with Crippen LogP contribution in [0.25, 0.3) is 0 Å². The summed E-state index contributed by atoms with van der Waals surface area (Å²) in [5.41, 5.74) is 0.685. The SMILES string of the molecule is CCCCc1cc(=O)[nH]c(NCCCO)n1. The molecule has 0 aliphatic heterocycles. The van der Waals surface area contributed by atoms with Gasteiger partial charge < -0.3 is 10.4 Å². The molecule has 3 N–H and O–H groups in total. The van der Waals surface area contributed by atoms with E-state index >= 15 is 0 Å². The lowest BCUT2D eigenvalue weighted by Gasteiger charge is -2.05. The van der Waals surface area contributed by atoms with Crippen molar-refractivity contribution >= 4 is 5.95 Å². The van der Waals surface area contributed by atoms with Gasteiger partial charge in [-0.3, -0.25) is 9.78 Å². The van der Waals surface area contributed by atoms with Gasteiger partial charge in [0.05, 0.1) is 0 Å². The van der Waals surface area contributed by atoms with Crippen LogP contribution in [0.15, 0.2) is 10.9 Å². The molecule has 1 aromatic rings. The third-order valence-corrected chi connectivity index (χ3v) is 2.21. The fourth-order valence-corrected chi connectivity index (χ4v) is 1.36. The summed E-state index contributed by atoms with van der Waals surface area (Å²) >= 11 is 0. The Morgan fingerprint density at radius 1 is 1.50 bits per heavy atom. The summed E-state index contributed by atoms with van der Waals surface area (Å²) in [5, 5.41) is 11.6. The molecule has 5 nitrogen and oxygen atoms in total. The number of aryl methyl sites for hydroxylation is 1. The molecule has 0 aliphatic carbocycles. The van der Waals surface area contributed by atoms with E-state index in [1.165, 1.54) is 6.07 Å². The van der Waals surface area contributed by atoms with Crippen LogP contribution < -0.4 is 10.9 Å². The van der Waals surface area contributed by atoms with Crippen LogP contribution in [-0.4, -0.2) is 28.2 Å². The van der Waals surface area contributed by atoms with E-state index in [2.05, 4.69) is 22.2 Å². The van der Waals surface area contributed by atoms with Gasteiger partial charge in [-0.05, 0) is 19.3 Å². The van der Waals surface area contributed by atoms with Gasteiger partial charge in [-0.25, -0.2) is 4.98 Å². The Kier molecular flexibility index (Phi) is 5.56. The van der Waals surface area contributed by atoms with E-state index in [1.807, 2.05) is 0 Å². The van der Waals surface area contributed by atoms with Crippen LogP contribution in [0.2, 0.25) is 0 Å². The zero-order valence-corrected chi connectivity index (χ0v) is 9.62. The zero-order chi connectivity index (χ0) is 11.8. The highest BCUT2D eigenvalue weighted by Gasteiger charge is 2.00. The Labute approximate surface area is 94.9 Å². The van der Waals surface area contributed by atoms with Crippen LogP contribution in [0.4, 0.5) is 5.95 Å². The first-order chi connectivity index (χ1) is 7.76. The molecule has 0 fully saturated rings. The molecule has 0 saturated carbocycles. The fraction of sp³-hybridized carbons (Fsp3) is 0.636.